The number of carbonyl (C=O) groups excluding carboxylic acids is 3. The van der Waals surface area contributed by atoms with Crippen LogP contribution in [-0.4, -0.2) is 57.1 Å². The fourth-order valence-electron chi connectivity index (χ4n) is 3.22. The van der Waals surface area contributed by atoms with Crippen LogP contribution in [0.25, 0.3) is 0 Å². The van der Waals surface area contributed by atoms with E-state index >= 15 is 0 Å². The Balaban J connectivity index is 1.60. The van der Waals surface area contributed by atoms with E-state index in [4.69, 9.17) is 10.2 Å². The summed E-state index contributed by atoms with van der Waals surface area (Å²) in [6.45, 7) is 1.47. The third-order valence-electron chi connectivity index (χ3n) is 4.84. The molecule has 1 aliphatic heterocycles. The molecule has 0 bridgehead atoms. The Kier molecular flexibility index (Phi) is 6.36. The van der Waals surface area contributed by atoms with Gasteiger partial charge in [0.25, 0.3) is 5.91 Å². The SMILES string of the molecule is NC(=O)C1CCN(C(=O)CCN(Cc2ccco2)C(=O)c2cnccn2)CC1. The summed E-state index contributed by atoms with van der Waals surface area (Å²) in [5.74, 6) is -0.236. The molecule has 9 nitrogen and oxygen atoms in total. The fourth-order valence-corrected chi connectivity index (χ4v) is 3.22. The van der Waals surface area contributed by atoms with Crippen molar-refractivity contribution in [2.24, 2.45) is 11.7 Å². The lowest BCUT2D eigenvalue weighted by atomic mass is 9.96. The van der Waals surface area contributed by atoms with Gasteiger partial charge in [-0.3, -0.25) is 19.4 Å². The van der Waals surface area contributed by atoms with E-state index in [-0.39, 0.29) is 48.8 Å². The van der Waals surface area contributed by atoms with Crippen molar-refractivity contribution >= 4 is 17.7 Å². The number of amides is 3. The maximum atomic E-state index is 12.8. The number of nitrogens with zero attached hydrogens (tertiary/aromatic N) is 4. The second kappa shape index (κ2) is 9.12. The van der Waals surface area contributed by atoms with E-state index in [1.165, 1.54) is 29.8 Å². The average molecular weight is 385 g/mol. The number of hydrogen-bond donors (Lipinski definition) is 1. The molecule has 2 N–H and O–H groups in total. The van der Waals surface area contributed by atoms with Gasteiger partial charge < -0.3 is 20.0 Å². The van der Waals surface area contributed by atoms with Gasteiger partial charge in [0.2, 0.25) is 11.8 Å². The van der Waals surface area contributed by atoms with E-state index in [0.29, 0.717) is 31.7 Å². The molecule has 9 heteroatoms. The molecule has 0 atom stereocenters. The number of piperidine rings is 1. The van der Waals surface area contributed by atoms with Gasteiger partial charge in [-0.15, -0.1) is 0 Å². The predicted octanol–water partition coefficient (Wildman–Crippen LogP) is 0.826. The molecule has 148 valence electrons. The number of carbonyl (C=O) groups is 3. The molecule has 3 amide bonds. The molecular weight excluding hydrogens is 362 g/mol. The topological polar surface area (TPSA) is 123 Å². The van der Waals surface area contributed by atoms with Crippen LogP contribution in [-0.2, 0) is 16.1 Å². The van der Waals surface area contributed by atoms with Gasteiger partial charge in [-0.25, -0.2) is 4.98 Å². The molecule has 2 aromatic heterocycles. The highest BCUT2D eigenvalue weighted by Gasteiger charge is 2.27. The molecule has 0 radical (unpaired) electrons. The highest BCUT2D eigenvalue weighted by molar-refractivity contribution is 5.92. The Morgan fingerprint density at radius 2 is 2.04 bits per heavy atom. The van der Waals surface area contributed by atoms with Crippen LogP contribution in [0.1, 0.15) is 35.5 Å². The van der Waals surface area contributed by atoms with Crippen molar-refractivity contribution in [3.8, 4) is 0 Å². The third kappa shape index (κ3) is 4.93. The minimum absolute atomic E-state index is 0.0562. The van der Waals surface area contributed by atoms with Crippen molar-refractivity contribution in [2.45, 2.75) is 25.8 Å². The molecule has 1 fully saturated rings. The Hall–Kier alpha value is -3.23. The quantitative estimate of drug-likeness (QED) is 0.753. The minimum Gasteiger partial charge on any atom is -0.467 e. The van der Waals surface area contributed by atoms with Crippen LogP contribution in [0.15, 0.2) is 41.4 Å². The highest BCUT2D eigenvalue weighted by atomic mass is 16.3. The number of aromatic nitrogens is 2. The molecule has 0 aromatic carbocycles. The maximum absolute atomic E-state index is 12.8. The van der Waals surface area contributed by atoms with Crippen molar-refractivity contribution in [1.29, 1.82) is 0 Å². The Morgan fingerprint density at radius 3 is 2.64 bits per heavy atom. The van der Waals surface area contributed by atoms with Gasteiger partial charge in [0, 0.05) is 44.4 Å². The van der Waals surface area contributed by atoms with E-state index in [1.54, 1.807) is 17.0 Å². The molecule has 0 aliphatic carbocycles. The summed E-state index contributed by atoms with van der Waals surface area (Å²) in [6, 6.07) is 3.52. The molecule has 3 rings (SSSR count). The van der Waals surface area contributed by atoms with Gasteiger partial charge >= 0.3 is 0 Å². The Morgan fingerprint density at radius 1 is 1.25 bits per heavy atom. The first-order valence-electron chi connectivity index (χ1n) is 9.19. The Bertz CT molecular complexity index is 801. The lowest BCUT2D eigenvalue weighted by Gasteiger charge is -2.31. The van der Waals surface area contributed by atoms with Crippen LogP contribution < -0.4 is 5.73 Å². The smallest absolute Gasteiger partial charge is 0.274 e. The van der Waals surface area contributed by atoms with E-state index in [2.05, 4.69) is 9.97 Å². The summed E-state index contributed by atoms with van der Waals surface area (Å²) in [7, 11) is 0. The molecule has 1 saturated heterocycles. The first-order valence-corrected chi connectivity index (χ1v) is 9.19. The van der Waals surface area contributed by atoms with Crippen LogP contribution in [0.2, 0.25) is 0 Å². The minimum atomic E-state index is -0.315. The van der Waals surface area contributed by atoms with Gasteiger partial charge in [-0.1, -0.05) is 0 Å². The summed E-state index contributed by atoms with van der Waals surface area (Å²) in [5, 5.41) is 0. The van der Waals surface area contributed by atoms with E-state index < -0.39 is 0 Å². The summed E-state index contributed by atoms with van der Waals surface area (Å²) in [6.07, 6.45) is 7.21. The zero-order valence-corrected chi connectivity index (χ0v) is 15.5. The van der Waals surface area contributed by atoms with Gasteiger partial charge in [0.05, 0.1) is 19.0 Å². The molecule has 0 saturated carbocycles. The molecule has 28 heavy (non-hydrogen) atoms. The van der Waals surface area contributed by atoms with Crippen LogP contribution in [0.3, 0.4) is 0 Å². The maximum Gasteiger partial charge on any atom is 0.274 e. The number of rotatable bonds is 7. The average Bonchev–Trinajstić information content (AvgIpc) is 3.24. The van der Waals surface area contributed by atoms with Crippen LogP contribution >= 0.6 is 0 Å². The van der Waals surface area contributed by atoms with Gasteiger partial charge in [-0.2, -0.15) is 0 Å². The number of nitrogens with two attached hydrogens (primary N) is 1. The molecule has 0 spiro atoms. The molecule has 2 aromatic rings. The van der Waals surface area contributed by atoms with Crippen molar-refractivity contribution in [3.05, 3.63) is 48.4 Å². The standard InChI is InChI=1S/C19H23N5O4/c20-18(26)14-3-8-23(9-4-14)17(25)5-10-24(13-15-2-1-11-28-15)19(27)16-12-21-6-7-22-16/h1-2,6-7,11-12,14H,3-5,8-10,13H2,(H2,20,26). The second-order valence-corrected chi connectivity index (χ2v) is 6.70. The van der Waals surface area contributed by atoms with Crippen LogP contribution in [0.5, 0.6) is 0 Å². The first-order chi connectivity index (χ1) is 13.5. The van der Waals surface area contributed by atoms with E-state index in [1.807, 2.05) is 0 Å². The fraction of sp³-hybridized carbons (Fsp3) is 0.421. The van der Waals surface area contributed by atoms with Crippen molar-refractivity contribution in [3.63, 3.8) is 0 Å². The van der Waals surface area contributed by atoms with Gasteiger partial charge in [-0.05, 0) is 25.0 Å². The summed E-state index contributed by atoms with van der Waals surface area (Å²) in [5.41, 5.74) is 5.55. The highest BCUT2D eigenvalue weighted by Crippen LogP contribution is 2.18. The number of primary amides is 1. The van der Waals surface area contributed by atoms with Crippen LogP contribution in [0.4, 0.5) is 0 Å². The van der Waals surface area contributed by atoms with Crippen molar-refractivity contribution in [1.82, 2.24) is 19.8 Å². The van der Waals surface area contributed by atoms with E-state index in [9.17, 15) is 14.4 Å². The number of hydrogen-bond acceptors (Lipinski definition) is 6. The predicted molar refractivity (Wildman–Crippen MR) is 98.6 cm³/mol. The summed E-state index contributed by atoms with van der Waals surface area (Å²) >= 11 is 0. The zero-order chi connectivity index (χ0) is 19.9. The van der Waals surface area contributed by atoms with Gasteiger partial charge in [0.1, 0.15) is 11.5 Å². The van der Waals surface area contributed by atoms with Crippen molar-refractivity contribution < 1.29 is 18.8 Å². The Labute approximate surface area is 162 Å². The summed E-state index contributed by atoms with van der Waals surface area (Å²) < 4.78 is 5.34. The molecule has 0 unspecified atom stereocenters. The van der Waals surface area contributed by atoms with Crippen molar-refractivity contribution in [2.75, 3.05) is 19.6 Å². The first kappa shape index (κ1) is 19.5. The number of furan rings is 1. The lowest BCUT2D eigenvalue weighted by molar-refractivity contribution is -0.135. The van der Waals surface area contributed by atoms with E-state index in [0.717, 1.165) is 0 Å². The lowest BCUT2D eigenvalue weighted by Crippen LogP contribution is -2.43. The molecular formula is C19H23N5O4. The summed E-state index contributed by atoms with van der Waals surface area (Å²) in [4.78, 5) is 47.8. The second-order valence-electron chi connectivity index (χ2n) is 6.70. The largest absolute Gasteiger partial charge is 0.467 e. The third-order valence-corrected chi connectivity index (χ3v) is 4.84. The molecule has 3 heterocycles. The normalized spacial score (nSPS) is 14.6. The van der Waals surface area contributed by atoms with Gasteiger partial charge in [0.15, 0.2) is 0 Å². The number of likely N-dealkylation sites (tertiary alicyclic amines) is 1. The molecule has 1 aliphatic rings. The monoisotopic (exact) mass is 385 g/mol. The zero-order valence-electron chi connectivity index (χ0n) is 15.5. The van der Waals surface area contributed by atoms with Crippen LogP contribution in [0, 0.1) is 5.92 Å².